The van der Waals surface area contributed by atoms with Crippen molar-refractivity contribution >= 4 is 38.1 Å². The van der Waals surface area contributed by atoms with Gasteiger partial charge < -0.3 is 14.3 Å². The van der Waals surface area contributed by atoms with Gasteiger partial charge in [-0.05, 0) is 19.1 Å². The van der Waals surface area contributed by atoms with Gasteiger partial charge in [0.2, 0.25) is 10.0 Å². The highest BCUT2D eigenvalue weighted by atomic mass is 32.2. The van der Waals surface area contributed by atoms with Crippen molar-refractivity contribution in [3.05, 3.63) is 41.2 Å². The number of carbonyl (C=O) groups excluding carboxylic acids is 1. The summed E-state index contributed by atoms with van der Waals surface area (Å²) in [5, 5.41) is 5.94. The van der Waals surface area contributed by atoms with Crippen molar-refractivity contribution in [2.24, 2.45) is 5.16 Å². The molecule has 1 aromatic carbocycles. The van der Waals surface area contributed by atoms with Crippen molar-refractivity contribution in [3.63, 3.8) is 0 Å². The lowest BCUT2D eigenvalue weighted by atomic mass is 10.1. The van der Waals surface area contributed by atoms with E-state index in [1.165, 1.54) is 24.3 Å². The van der Waals surface area contributed by atoms with Gasteiger partial charge in [0.1, 0.15) is 0 Å². The quantitative estimate of drug-likeness (QED) is 0.281. The number of nitrogens with one attached hydrogen (secondary N) is 2. The molecule has 10 nitrogen and oxygen atoms in total. The Kier molecular flexibility index (Phi) is 8.64. The fourth-order valence-electron chi connectivity index (χ4n) is 2.68. The lowest BCUT2D eigenvalue weighted by molar-refractivity contribution is -0.110. The van der Waals surface area contributed by atoms with Crippen LogP contribution in [-0.2, 0) is 29.1 Å². The molecular formula is C19H23FN4O6S2. The minimum atomic E-state index is -3.74. The Hall–Kier alpha value is -2.45. The van der Waals surface area contributed by atoms with Crippen molar-refractivity contribution in [3.8, 4) is 0 Å². The summed E-state index contributed by atoms with van der Waals surface area (Å²) < 4.78 is 50.8. The maximum absolute atomic E-state index is 13.2. The van der Waals surface area contributed by atoms with E-state index in [9.17, 15) is 17.6 Å². The normalized spacial score (nSPS) is 16.8. The average Bonchev–Trinajstić information content (AvgIpc) is 3.43. The third kappa shape index (κ3) is 6.77. The molecule has 0 bridgehead atoms. The van der Waals surface area contributed by atoms with Gasteiger partial charge in [-0.25, -0.2) is 18.1 Å². The second kappa shape index (κ2) is 11.4. The molecule has 0 unspecified atom stereocenters. The molecule has 1 aliphatic heterocycles. The molecule has 1 fully saturated rings. The molecule has 1 atom stereocenters. The maximum atomic E-state index is 13.2. The SMILES string of the molecule is CCOCCNS(=O)(=O)c1ccc(/C(=N\O[C@@H]2CCOC2)C(=O)Nc2ncc(F)s2)cc1. The molecule has 0 spiro atoms. The first-order valence-corrected chi connectivity index (χ1v) is 12.1. The largest absolute Gasteiger partial charge is 0.389 e. The fourth-order valence-corrected chi connectivity index (χ4v) is 4.24. The van der Waals surface area contributed by atoms with Crippen LogP contribution in [0.1, 0.15) is 18.9 Å². The van der Waals surface area contributed by atoms with Crippen LogP contribution in [0.25, 0.3) is 0 Å². The predicted octanol–water partition coefficient (Wildman–Crippen LogP) is 1.75. The molecule has 3 rings (SSSR count). The smallest absolute Gasteiger partial charge is 0.280 e. The van der Waals surface area contributed by atoms with E-state index in [-0.39, 0.29) is 35.0 Å². The van der Waals surface area contributed by atoms with E-state index in [4.69, 9.17) is 14.3 Å². The van der Waals surface area contributed by atoms with Crippen LogP contribution < -0.4 is 10.0 Å². The van der Waals surface area contributed by atoms with Crippen LogP contribution in [0.15, 0.2) is 40.5 Å². The first-order chi connectivity index (χ1) is 15.4. The Balaban J connectivity index is 1.77. The first kappa shape index (κ1) is 24.2. The number of hydrogen-bond acceptors (Lipinski definition) is 9. The number of halogens is 1. The Morgan fingerprint density at radius 3 is 2.78 bits per heavy atom. The summed E-state index contributed by atoms with van der Waals surface area (Å²) in [7, 11) is -3.74. The Labute approximate surface area is 188 Å². The van der Waals surface area contributed by atoms with E-state index in [2.05, 4.69) is 20.2 Å². The molecule has 1 aliphatic rings. The molecule has 2 N–H and O–H groups in total. The van der Waals surface area contributed by atoms with E-state index in [0.717, 1.165) is 6.20 Å². The topological polar surface area (TPSA) is 128 Å². The number of benzene rings is 1. The fraction of sp³-hybridized carbons (Fsp3) is 0.421. The number of amides is 1. The highest BCUT2D eigenvalue weighted by molar-refractivity contribution is 7.89. The van der Waals surface area contributed by atoms with Crippen LogP contribution in [0, 0.1) is 5.13 Å². The Morgan fingerprint density at radius 1 is 1.38 bits per heavy atom. The van der Waals surface area contributed by atoms with Gasteiger partial charge in [0.15, 0.2) is 22.1 Å². The summed E-state index contributed by atoms with van der Waals surface area (Å²) in [6.45, 7) is 3.57. The standard InChI is InChI=1S/C19H23FN4O6S2/c1-2-28-10-8-22-32(26,27)15-5-3-13(4-6-15)17(24-30-14-7-9-29-12-14)18(25)23-19-21-11-16(20)31-19/h3-6,11,14,22H,2,7-10,12H2,1H3,(H,21,23,25)/b24-17+/t14-/m1/s1. The number of carbonyl (C=O) groups is 1. The van der Waals surface area contributed by atoms with Crippen LogP contribution in [0.5, 0.6) is 0 Å². The van der Waals surface area contributed by atoms with E-state index >= 15 is 0 Å². The van der Waals surface area contributed by atoms with Crippen molar-refractivity contribution in [2.75, 3.05) is 38.3 Å². The molecule has 174 valence electrons. The first-order valence-electron chi connectivity index (χ1n) is 9.81. The number of oxime groups is 1. The summed E-state index contributed by atoms with van der Waals surface area (Å²) in [5.74, 6) is -0.677. The van der Waals surface area contributed by atoms with Crippen LogP contribution in [-0.4, -0.2) is 64.1 Å². The van der Waals surface area contributed by atoms with Gasteiger partial charge in [-0.2, -0.15) is 4.39 Å². The lowest BCUT2D eigenvalue weighted by Crippen LogP contribution is -2.28. The molecule has 0 aliphatic carbocycles. The molecule has 0 radical (unpaired) electrons. The van der Waals surface area contributed by atoms with Crippen LogP contribution in [0.4, 0.5) is 9.52 Å². The monoisotopic (exact) mass is 486 g/mol. The molecule has 1 saturated heterocycles. The van der Waals surface area contributed by atoms with Crippen molar-refractivity contribution in [1.82, 2.24) is 9.71 Å². The number of ether oxygens (including phenoxy) is 2. The van der Waals surface area contributed by atoms with Gasteiger partial charge >= 0.3 is 0 Å². The Morgan fingerprint density at radius 2 is 2.16 bits per heavy atom. The number of thiazole rings is 1. The number of sulfonamides is 1. The molecule has 13 heteroatoms. The second-order valence-corrected chi connectivity index (χ2v) is 9.32. The summed E-state index contributed by atoms with van der Waals surface area (Å²) >= 11 is 0.666. The third-order valence-corrected chi connectivity index (χ3v) is 6.45. The van der Waals surface area contributed by atoms with Crippen molar-refractivity contribution in [2.45, 2.75) is 24.3 Å². The van der Waals surface area contributed by atoms with Gasteiger partial charge in [0, 0.05) is 25.1 Å². The van der Waals surface area contributed by atoms with Gasteiger partial charge in [-0.1, -0.05) is 28.6 Å². The zero-order valence-electron chi connectivity index (χ0n) is 17.2. The molecular weight excluding hydrogens is 463 g/mol. The number of rotatable bonds is 11. The molecule has 2 heterocycles. The van der Waals surface area contributed by atoms with Gasteiger partial charge in [-0.3, -0.25) is 10.1 Å². The molecule has 32 heavy (non-hydrogen) atoms. The molecule has 1 aromatic heterocycles. The zero-order valence-corrected chi connectivity index (χ0v) is 18.9. The molecule has 2 aromatic rings. The number of anilines is 1. The number of aromatic nitrogens is 1. The number of nitrogens with zero attached hydrogens (tertiary/aromatic N) is 2. The Bertz CT molecular complexity index is 1040. The average molecular weight is 487 g/mol. The van der Waals surface area contributed by atoms with Gasteiger partial charge in [0.25, 0.3) is 5.91 Å². The highest BCUT2D eigenvalue weighted by Gasteiger charge is 2.22. The maximum Gasteiger partial charge on any atom is 0.280 e. The van der Waals surface area contributed by atoms with E-state index in [0.29, 0.717) is 43.1 Å². The van der Waals surface area contributed by atoms with E-state index < -0.39 is 21.1 Å². The zero-order chi connectivity index (χ0) is 23.0. The summed E-state index contributed by atoms with van der Waals surface area (Å²) in [5.41, 5.74) is 0.201. The van der Waals surface area contributed by atoms with Crippen molar-refractivity contribution < 1.29 is 31.9 Å². The number of hydrogen-bond donors (Lipinski definition) is 2. The minimum absolute atomic E-state index is 0.0182. The van der Waals surface area contributed by atoms with Crippen LogP contribution in [0.2, 0.25) is 0 Å². The second-order valence-electron chi connectivity index (χ2n) is 6.57. The highest BCUT2D eigenvalue weighted by Crippen LogP contribution is 2.18. The lowest BCUT2D eigenvalue weighted by Gasteiger charge is -2.11. The van der Waals surface area contributed by atoms with Gasteiger partial charge in [-0.15, -0.1) is 0 Å². The minimum Gasteiger partial charge on any atom is -0.389 e. The predicted molar refractivity (Wildman–Crippen MR) is 116 cm³/mol. The summed E-state index contributed by atoms with van der Waals surface area (Å²) in [6.07, 6.45) is 1.31. The molecule has 0 saturated carbocycles. The van der Waals surface area contributed by atoms with Crippen LogP contribution in [0.3, 0.4) is 0 Å². The van der Waals surface area contributed by atoms with Gasteiger partial charge in [0.05, 0.1) is 30.9 Å². The van der Waals surface area contributed by atoms with E-state index in [1.807, 2.05) is 6.92 Å². The van der Waals surface area contributed by atoms with Crippen molar-refractivity contribution in [1.29, 1.82) is 0 Å². The van der Waals surface area contributed by atoms with E-state index in [1.54, 1.807) is 0 Å². The third-order valence-electron chi connectivity index (χ3n) is 4.27. The summed E-state index contributed by atoms with van der Waals surface area (Å²) in [6, 6.07) is 5.57. The summed E-state index contributed by atoms with van der Waals surface area (Å²) in [4.78, 5) is 22.0. The molecule has 1 amide bonds. The van der Waals surface area contributed by atoms with Crippen LogP contribution >= 0.6 is 11.3 Å².